The molecule has 0 spiro atoms. The van der Waals surface area contributed by atoms with Gasteiger partial charge in [0.2, 0.25) is 0 Å². The maximum atomic E-state index is 5.34. The lowest BCUT2D eigenvalue weighted by atomic mass is 10.1. The van der Waals surface area contributed by atoms with Crippen LogP contribution in [0, 0.1) is 0 Å². The number of rotatable bonds is 6. The van der Waals surface area contributed by atoms with Crippen LogP contribution in [0.4, 0.5) is 11.4 Å². The SMILES string of the molecule is COc1ccc(C2=N[C@H](c3ccccc3)[C@@H](N(c3ccccc3)c3ccccc3)S2)cc1. The number of aliphatic imine (C=N–C) groups is 1. The molecule has 4 heteroatoms. The Morgan fingerprint density at radius 1 is 0.688 bits per heavy atom. The molecule has 0 saturated heterocycles. The second-order valence-corrected chi connectivity index (χ2v) is 8.67. The Labute approximate surface area is 193 Å². The molecule has 2 atom stereocenters. The van der Waals surface area contributed by atoms with Crippen molar-refractivity contribution in [1.82, 2.24) is 0 Å². The molecule has 1 aliphatic rings. The number of ether oxygens (including phenoxy) is 1. The number of para-hydroxylation sites is 2. The van der Waals surface area contributed by atoms with Crippen molar-refractivity contribution in [2.45, 2.75) is 11.4 Å². The van der Waals surface area contributed by atoms with Gasteiger partial charge >= 0.3 is 0 Å². The lowest BCUT2D eigenvalue weighted by Gasteiger charge is -2.33. The molecule has 32 heavy (non-hydrogen) atoms. The summed E-state index contributed by atoms with van der Waals surface area (Å²) in [6, 6.07) is 39.9. The zero-order valence-corrected chi connectivity index (χ0v) is 18.7. The van der Waals surface area contributed by atoms with Crippen LogP contribution in [-0.4, -0.2) is 17.5 Å². The predicted molar refractivity (Wildman–Crippen MR) is 135 cm³/mol. The van der Waals surface area contributed by atoms with Crippen LogP contribution < -0.4 is 9.64 Å². The van der Waals surface area contributed by atoms with Gasteiger partial charge in [0.25, 0.3) is 0 Å². The van der Waals surface area contributed by atoms with Gasteiger partial charge in [-0.3, -0.25) is 4.99 Å². The molecule has 0 amide bonds. The molecule has 0 aliphatic carbocycles. The van der Waals surface area contributed by atoms with Gasteiger partial charge in [-0.15, -0.1) is 0 Å². The first-order valence-corrected chi connectivity index (χ1v) is 11.5. The Morgan fingerprint density at radius 3 is 1.75 bits per heavy atom. The third-order valence-electron chi connectivity index (χ3n) is 5.56. The Hall–Kier alpha value is -3.50. The standard InChI is InChI=1S/C28H24N2OS/c1-31-25-19-17-22(18-20-25)27-29-26(21-11-5-2-6-12-21)28(32-27)30(23-13-7-3-8-14-23)24-15-9-4-10-16-24/h2-20,26,28H,1H3/t26-,28+/m1/s1. The molecule has 1 heterocycles. The Kier molecular flexibility index (Phi) is 5.95. The van der Waals surface area contributed by atoms with E-state index < -0.39 is 0 Å². The Morgan fingerprint density at radius 2 is 1.22 bits per heavy atom. The van der Waals surface area contributed by atoms with Gasteiger partial charge in [0.1, 0.15) is 22.2 Å². The molecular weight excluding hydrogens is 412 g/mol. The van der Waals surface area contributed by atoms with Gasteiger partial charge in [-0.2, -0.15) is 0 Å². The van der Waals surface area contributed by atoms with Crippen LogP contribution in [0.3, 0.4) is 0 Å². The minimum Gasteiger partial charge on any atom is -0.497 e. The van der Waals surface area contributed by atoms with Crippen molar-refractivity contribution >= 4 is 28.2 Å². The van der Waals surface area contributed by atoms with E-state index in [9.17, 15) is 0 Å². The molecule has 0 N–H and O–H groups in total. The summed E-state index contributed by atoms with van der Waals surface area (Å²) in [5.41, 5.74) is 4.64. The molecule has 1 aliphatic heterocycles. The van der Waals surface area contributed by atoms with Gasteiger partial charge in [0.15, 0.2) is 0 Å². The van der Waals surface area contributed by atoms with Gasteiger partial charge in [-0.25, -0.2) is 0 Å². The number of thioether (sulfide) groups is 1. The highest BCUT2D eigenvalue weighted by Crippen LogP contribution is 2.46. The van der Waals surface area contributed by atoms with Crippen molar-refractivity contribution in [2.24, 2.45) is 4.99 Å². The second kappa shape index (κ2) is 9.33. The number of benzene rings is 4. The van der Waals surface area contributed by atoms with E-state index in [0.717, 1.165) is 27.7 Å². The monoisotopic (exact) mass is 436 g/mol. The highest BCUT2D eigenvalue weighted by Gasteiger charge is 2.37. The smallest absolute Gasteiger partial charge is 0.118 e. The van der Waals surface area contributed by atoms with Gasteiger partial charge in [-0.05, 0) is 54.1 Å². The average molecular weight is 437 g/mol. The molecule has 3 nitrogen and oxygen atoms in total. The molecule has 5 rings (SSSR count). The number of anilines is 2. The minimum absolute atomic E-state index is 0.00119. The normalized spacial score (nSPS) is 17.6. The molecule has 0 saturated carbocycles. The first kappa shape index (κ1) is 20.4. The summed E-state index contributed by atoms with van der Waals surface area (Å²) in [6.45, 7) is 0. The summed E-state index contributed by atoms with van der Waals surface area (Å²) >= 11 is 1.81. The summed E-state index contributed by atoms with van der Waals surface area (Å²) in [5, 5.41) is 1.13. The summed E-state index contributed by atoms with van der Waals surface area (Å²) in [7, 11) is 1.69. The zero-order valence-electron chi connectivity index (χ0n) is 17.8. The van der Waals surface area contributed by atoms with Gasteiger partial charge in [-0.1, -0.05) is 78.5 Å². The van der Waals surface area contributed by atoms with Crippen LogP contribution in [0.5, 0.6) is 5.75 Å². The van der Waals surface area contributed by atoms with Gasteiger partial charge in [0.05, 0.1) is 7.11 Å². The quantitative estimate of drug-likeness (QED) is 0.322. The van der Waals surface area contributed by atoms with E-state index in [-0.39, 0.29) is 11.4 Å². The molecule has 0 bridgehead atoms. The minimum atomic E-state index is -0.00119. The Balaban J connectivity index is 1.60. The summed E-state index contributed by atoms with van der Waals surface area (Å²) in [4.78, 5) is 7.64. The third kappa shape index (κ3) is 4.14. The fraction of sp³-hybridized carbons (Fsp3) is 0.107. The topological polar surface area (TPSA) is 24.8 Å². The second-order valence-electron chi connectivity index (χ2n) is 7.57. The van der Waals surface area contributed by atoms with Gasteiger partial charge < -0.3 is 9.64 Å². The van der Waals surface area contributed by atoms with Crippen molar-refractivity contribution < 1.29 is 4.74 Å². The maximum absolute atomic E-state index is 5.34. The van der Waals surface area contributed by atoms with E-state index in [0.29, 0.717) is 0 Å². The van der Waals surface area contributed by atoms with Crippen LogP contribution in [0.25, 0.3) is 0 Å². The average Bonchev–Trinajstić information content (AvgIpc) is 3.31. The van der Waals surface area contributed by atoms with Crippen molar-refractivity contribution in [3.05, 3.63) is 126 Å². The van der Waals surface area contributed by atoms with Crippen LogP contribution >= 0.6 is 11.8 Å². The molecule has 158 valence electrons. The van der Waals surface area contributed by atoms with E-state index in [2.05, 4.69) is 108 Å². The van der Waals surface area contributed by atoms with Gasteiger partial charge in [0, 0.05) is 16.9 Å². The van der Waals surface area contributed by atoms with Crippen LogP contribution in [0.2, 0.25) is 0 Å². The van der Waals surface area contributed by atoms with E-state index in [1.807, 2.05) is 23.9 Å². The maximum Gasteiger partial charge on any atom is 0.118 e. The summed E-state index contributed by atoms with van der Waals surface area (Å²) < 4.78 is 5.34. The Bertz CT molecular complexity index is 1140. The number of hydrogen-bond acceptors (Lipinski definition) is 4. The lowest BCUT2D eigenvalue weighted by Crippen LogP contribution is -2.31. The van der Waals surface area contributed by atoms with Crippen molar-refractivity contribution in [3.8, 4) is 5.75 Å². The molecule has 4 aromatic carbocycles. The fourth-order valence-corrected chi connectivity index (χ4v) is 5.35. The predicted octanol–water partition coefficient (Wildman–Crippen LogP) is 7.09. The summed E-state index contributed by atoms with van der Waals surface area (Å²) in [5.74, 6) is 0.851. The van der Waals surface area contributed by atoms with E-state index in [1.165, 1.54) is 5.56 Å². The van der Waals surface area contributed by atoms with Crippen molar-refractivity contribution in [3.63, 3.8) is 0 Å². The van der Waals surface area contributed by atoms with Crippen LogP contribution in [-0.2, 0) is 0 Å². The van der Waals surface area contributed by atoms with E-state index in [4.69, 9.17) is 9.73 Å². The summed E-state index contributed by atoms with van der Waals surface area (Å²) in [6.07, 6.45) is 0. The molecule has 0 fully saturated rings. The fourth-order valence-electron chi connectivity index (χ4n) is 3.98. The van der Waals surface area contributed by atoms with Crippen LogP contribution in [0.15, 0.2) is 120 Å². The number of nitrogens with zero attached hydrogens (tertiary/aromatic N) is 2. The first-order chi connectivity index (χ1) is 15.8. The first-order valence-electron chi connectivity index (χ1n) is 10.7. The van der Waals surface area contributed by atoms with Crippen molar-refractivity contribution in [2.75, 3.05) is 12.0 Å². The number of hydrogen-bond donors (Lipinski definition) is 0. The van der Waals surface area contributed by atoms with E-state index >= 15 is 0 Å². The third-order valence-corrected chi connectivity index (χ3v) is 6.83. The molecule has 0 unspecified atom stereocenters. The highest BCUT2D eigenvalue weighted by molar-refractivity contribution is 8.15. The molecule has 0 aromatic heterocycles. The molecular formula is C28H24N2OS. The molecule has 0 radical (unpaired) electrons. The lowest BCUT2D eigenvalue weighted by molar-refractivity contribution is 0.415. The van der Waals surface area contributed by atoms with E-state index in [1.54, 1.807) is 7.11 Å². The zero-order chi connectivity index (χ0) is 21.8. The molecule has 4 aromatic rings. The van der Waals surface area contributed by atoms with Crippen LogP contribution in [0.1, 0.15) is 17.2 Å². The largest absolute Gasteiger partial charge is 0.497 e. The number of methoxy groups -OCH3 is 1. The van der Waals surface area contributed by atoms with Crippen molar-refractivity contribution in [1.29, 1.82) is 0 Å². The highest BCUT2D eigenvalue weighted by atomic mass is 32.2.